The van der Waals surface area contributed by atoms with E-state index in [4.69, 9.17) is 0 Å². The van der Waals surface area contributed by atoms with Gasteiger partial charge in [0.15, 0.2) is 0 Å². The van der Waals surface area contributed by atoms with Crippen LogP contribution in [0.4, 0.5) is 0 Å². The predicted octanol–water partition coefficient (Wildman–Crippen LogP) is 3.17. The van der Waals surface area contributed by atoms with Crippen LogP contribution in [0.3, 0.4) is 0 Å². The predicted molar refractivity (Wildman–Crippen MR) is 81.9 cm³/mol. The molecular weight excluding hydrogens is 248 g/mol. The van der Waals surface area contributed by atoms with Crippen LogP contribution in [0.1, 0.15) is 47.5 Å². The van der Waals surface area contributed by atoms with Crippen LogP contribution in [0.25, 0.3) is 0 Å². The summed E-state index contributed by atoms with van der Waals surface area (Å²) in [6, 6.07) is 6.60. The third-order valence-electron chi connectivity index (χ3n) is 3.69. The first-order valence-corrected chi connectivity index (χ1v) is 7.34. The quantitative estimate of drug-likeness (QED) is 0.908. The van der Waals surface area contributed by atoms with Gasteiger partial charge in [0.05, 0.1) is 18.8 Å². The summed E-state index contributed by atoms with van der Waals surface area (Å²) in [7, 11) is 0. The second-order valence-electron chi connectivity index (χ2n) is 5.39. The van der Waals surface area contributed by atoms with Gasteiger partial charge >= 0.3 is 0 Å². The number of hydrogen-bond acceptors (Lipinski definition) is 2. The molecule has 1 N–H and O–H groups in total. The van der Waals surface area contributed by atoms with Gasteiger partial charge in [-0.1, -0.05) is 43.2 Å². The molecule has 108 valence electrons. The zero-order valence-corrected chi connectivity index (χ0v) is 12.9. The topological polar surface area (TPSA) is 38.0 Å². The molecule has 0 bridgehead atoms. The fourth-order valence-electron chi connectivity index (χ4n) is 2.92. The van der Waals surface area contributed by atoms with Gasteiger partial charge in [-0.3, -0.25) is 4.68 Å². The van der Waals surface area contributed by atoms with Crippen molar-refractivity contribution in [2.75, 3.05) is 0 Å². The Morgan fingerprint density at radius 2 is 1.70 bits per heavy atom. The van der Waals surface area contributed by atoms with Crippen molar-refractivity contribution in [1.29, 1.82) is 0 Å². The van der Waals surface area contributed by atoms with Crippen molar-refractivity contribution < 1.29 is 5.11 Å². The van der Waals surface area contributed by atoms with Crippen molar-refractivity contribution in [2.24, 2.45) is 0 Å². The standard InChI is InChI=1S/C17H24N2O/c1-5-16-15(11-20)17(6-2)19(18-16)10-14-8-12(3)7-13(4)9-14/h7-9,20H,5-6,10-11H2,1-4H3. The number of aliphatic hydroxyl groups is 1. The number of benzene rings is 1. The first-order valence-electron chi connectivity index (χ1n) is 7.34. The summed E-state index contributed by atoms with van der Waals surface area (Å²) in [5, 5.41) is 14.3. The molecule has 0 fully saturated rings. The molecule has 0 saturated heterocycles. The third-order valence-corrected chi connectivity index (χ3v) is 3.69. The van der Waals surface area contributed by atoms with E-state index in [1.807, 2.05) is 0 Å². The molecule has 0 radical (unpaired) electrons. The van der Waals surface area contributed by atoms with E-state index in [9.17, 15) is 5.11 Å². The molecular formula is C17H24N2O. The summed E-state index contributed by atoms with van der Waals surface area (Å²) in [5.41, 5.74) is 7.02. The van der Waals surface area contributed by atoms with E-state index in [1.165, 1.54) is 16.7 Å². The molecule has 2 aromatic rings. The number of aryl methyl sites for hydroxylation is 3. The highest BCUT2D eigenvalue weighted by Gasteiger charge is 2.14. The number of rotatable bonds is 5. The minimum absolute atomic E-state index is 0.0825. The monoisotopic (exact) mass is 272 g/mol. The molecule has 0 atom stereocenters. The summed E-state index contributed by atoms with van der Waals surface area (Å²) in [6.07, 6.45) is 1.76. The van der Waals surface area contributed by atoms with Crippen LogP contribution in [0, 0.1) is 13.8 Å². The summed E-state index contributed by atoms with van der Waals surface area (Å²) in [6.45, 7) is 9.31. The Kier molecular flexibility index (Phi) is 4.61. The molecule has 1 aromatic heterocycles. The maximum Gasteiger partial charge on any atom is 0.0718 e. The van der Waals surface area contributed by atoms with E-state index in [0.29, 0.717) is 0 Å². The lowest BCUT2D eigenvalue weighted by Gasteiger charge is -2.09. The van der Waals surface area contributed by atoms with Crippen molar-refractivity contribution >= 4 is 0 Å². The molecule has 3 heteroatoms. The summed E-state index contributed by atoms with van der Waals surface area (Å²) in [4.78, 5) is 0. The van der Waals surface area contributed by atoms with Gasteiger partial charge < -0.3 is 5.11 Å². The van der Waals surface area contributed by atoms with E-state index in [-0.39, 0.29) is 6.61 Å². The minimum atomic E-state index is 0.0825. The van der Waals surface area contributed by atoms with Crippen molar-refractivity contribution in [3.05, 3.63) is 51.8 Å². The molecule has 0 spiro atoms. The first kappa shape index (κ1) is 14.8. The SMILES string of the molecule is CCc1nn(Cc2cc(C)cc(C)c2)c(CC)c1CO. The zero-order valence-electron chi connectivity index (χ0n) is 12.9. The van der Waals surface area contributed by atoms with Crippen LogP contribution >= 0.6 is 0 Å². The van der Waals surface area contributed by atoms with Gasteiger partial charge in [-0.05, 0) is 32.3 Å². The van der Waals surface area contributed by atoms with E-state index in [2.05, 4.69) is 55.7 Å². The van der Waals surface area contributed by atoms with Crippen LogP contribution in [0.15, 0.2) is 18.2 Å². The second kappa shape index (κ2) is 6.23. The van der Waals surface area contributed by atoms with Crippen LogP contribution in [0.5, 0.6) is 0 Å². The largest absolute Gasteiger partial charge is 0.392 e. The van der Waals surface area contributed by atoms with Crippen LogP contribution in [-0.4, -0.2) is 14.9 Å². The molecule has 2 rings (SSSR count). The van der Waals surface area contributed by atoms with Gasteiger partial charge in [0.25, 0.3) is 0 Å². The van der Waals surface area contributed by atoms with Crippen molar-refractivity contribution in [3.8, 4) is 0 Å². The number of nitrogens with zero attached hydrogens (tertiary/aromatic N) is 2. The van der Waals surface area contributed by atoms with E-state index in [1.54, 1.807) is 0 Å². The molecule has 0 saturated carbocycles. The molecule has 3 nitrogen and oxygen atoms in total. The normalized spacial score (nSPS) is 11.1. The average Bonchev–Trinajstić information content (AvgIpc) is 2.74. The fourth-order valence-corrected chi connectivity index (χ4v) is 2.92. The van der Waals surface area contributed by atoms with Gasteiger partial charge in [0.1, 0.15) is 0 Å². The van der Waals surface area contributed by atoms with Gasteiger partial charge in [0.2, 0.25) is 0 Å². The van der Waals surface area contributed by atoms with Crippen LogP contribution < -0.4 is 0 Å². The van der Waals surface area contributed by atoms with Crippen LogP contribution in [0.2, 0.25) is 0 Å². The Hall–Kier alpha value is -1.61. The lowest BCUT2D eigenvalue weighted by Crippen LogP contribution is -2.07. The smallest absolute Gasteiger partial charge is 0.0718 e. The summed E-state index contributed by atoms with van der Waals surface area (Å²) < 4.78 is 2.05. The van der Waals surface area contributed by atoms with Crippen molar-refractivity contribution in [3.63, 3.8) is 0 Å². The van der Waals surface area contributed by atoms with Gasteiger partial charge in [0, 0.05) is 11.3 Å². The Bertz CT molecular complexity index is 579. The second-order valence-corrected chi connectivity index (χ2v) is 5.39. The van der Waals surface area contributed by atoms with E-state index < -0.39 is 0 Å². The maximum absolute atomic E-state index is 9.58. The lowest BCUT2D eigenvalue weighted by atomic mass is 10.1. The number of hydrogen-bond donors (Lipinski definition) is 1. The molecule has 0 aliphatic heterocycles. The number of aliphatic hydroxyl groups excluding tert-OH is 1. The van der Waals surface area contributed by atoms with Crippen molar-refractivity contribution in [1.82, 2.24) is 9.78 Å². The highest BCUT2D eigenvalue weighted by molar-refractivity contribution is 5.31. The van der Waals surface area contributed by atoms with E-state index >= 15 is 0 Å². The molecule has 0 aliphatic carbocycles. The average molecular weight is 272 g/mol. The third kappa shape index (κ3) is 2.93. The van der Waals surface area contributed by atoms with Gasteiger partial charge in [-0.25, -0.2) is 0 Å². The first-order chi connectivity index (χ1) is 9.58. The van der Waals surface area contributed by atoms with Crippen LogP contribution in [-0.2, 0) is 26.0 Å². The zero-order chi connectivity index (χ0) is 14.7. The highest BCUT2D eigenvalue weighted by Crippen LogP contribution is 2.18. The maximum atomic E-state index is 9.58. The van der Waals surface area contributed by atoms with E-state index in [0.717, 1.165) is 36.3 Å². The Morgan fingerprint density at radius 3 is 2.20 bits per heavy atom. The van der Waals surface area contributed by atoms with Crippen molar-refractivity contribution in [2.45, 2.75) is 53.7 Å². The summed E-state index contributed by atoms with van der Waals surface area (Å²) in [5.74, 6) is 0. The molecule has 1 heterocycles. The van der Waals surface area contributed by atoms with Gasteiger partial charge in [-0.15, -0.1) is 0 Å². The molecule has 0 unspecified atom stereocenters. The molecule has 0 amide bonds. The molecule has 0 aliphatic rings. The Balaban J connectivity index is 2.40. The van der Waals surface area contributed by atoms with Gasteiger partial charge in [-0.2, -0.15) is 5.10 Å². The summed E-state index contributed by atoms with van der Waals surface area (Å²) >= 11 is 0. The highest BCUT2D eigenvalue weighted by atomic mass is 16.3. The fraction of sp³-hybridized carbons (Fsp3) is 0.471. The molecule has 1 aromatic carbocycles. The number of aromatic nitrogens is 2. The molecule has 20 heavy (non-hydrogen) atoms. The Morgan fingerprint density at radius 1 is 1.05 bits per heavy atom. The lowest BCUT2D eigenvalue weighted by molar-refractivity contribution is 0.279. The Labute approximate surface area is 121 Å². The minimum Gasteiger partial charge on any atom is -0.392 e.